The topological polar surface area (TPSA) is 597 Å². The average molecular weight is 1040 g/mol. The molecule has 74 heavy (non-hydrogen) atoms. The quantitative estimate of drug-likeness (QED) is 0.0162. The Labute approximate surface area is 415 Å². The summed E-state index contributed by atoms with van der Waals surface area (Å²) in [7, 11) is 1.24. The van der Waals surface area contributed by atoms with Crippen molar-refractivity contribution in [2.24, 2.45) is 65.8 Å². The van der Waals surface area contributed by atoms with Crippen LogP contribution in [0.15, 0.2) is 80.6 Å². The number of rotatable bonds is 25. The molecule has 35 heteroatoms. The number of aromatic carboxylic acids is 1. The number of aliphatic imine (C=N–C) groups is 4. The molecule has 0 radical (unpaired) electrons. The van der Waals surface area contributed by atoms with Crippen molar-refractivity contribution in [3.05, 3.63) is 97.6 Å². The van der Waals surface area contributed by atoms with Crippen molar-refractivity contribution in [2.45, 2.75) is 50.2 Å². The normalized spacial score (nSPS) is 13.3. The highest BCUT2D eigenvalue weighted by Gasteiger charge is 2.39. The number of methoxy groups -OCH3 is 1. The van der Waals surface area contributed by atoms with E-state index in [9.17, 15) is 69.1 Å². The van der Waals surface area contributed by atoms with Gasteiger partial charge in [0.25, 0.3) is 35.0 Å². The molecule has 3 aromatic carbocycles. The molecular weight excluding hydrogens is 989 g/mol. The van der Waals surface area contributed by atoms with E-state index in [4.69, 9.17) is 50.6 Å². The molecule has 35 nitrogen and oxygen atoms in total. The second kappa shape index (κ2) is 25.8. The van der Waals surface area contributed by atoms with Crippen LogP contribution in [-0.2, 0) is 35.3 Å². The van der Waals surface area contributed by atoms with Gasteiger partial charge in [-0.05, 0) is 30.7 Å². The van der Waals surface area contributed by atoms with Gasteiger partial charge in [0.1, 0.15) is 29.3 Å². The number of hydrogen-bond donors (Lipinski definition) is 16. The van der Waals surface area contributed by atoms with Crippen LogP contribution in [0.25, 0.3) is 0 Å². The number of guanidine groups is 3. The third-order valence-electron chi connectivity index (χ3n) is 9.46. The number of nitrogens with zero attached hydrogens (tertiary/aromatic N) is 7. The number of nitrogens with two attached hydrogens (primary N) is 8. The fraction of sp³-hybridized carbons (Fsp3) is 0.256. The molecule has 6 unspecified atom stereocenters. The zero-order valence-corrected chi connectivity index (χ0v) is 38.6. The summed E-state index contributed by atoms with van der Waals surface area (Å²) in [5, 5.41) is 66.8. The number of carbonyl (C=O) groups excluding carboxylic acids is 6. The van der Waals surface area contributed by atoms with Crippen molar-refractivity contribution in [3.63, 3.8) is 0 Å². The summed E-state index contributed by atoms with van der Waals surface area (Å²) in [5.41, 5.74) is 38.9. The van der Waals surface area contributed by atoms with Crippen LogP contribution in [0.5, 0.6) is 11.5 Å². The molecule has 0 aliphatic carbocycles. The molecule has 0 saturated heterocycles. The Kier molecular flexibility index (Phi) is 20.2. The van der Waals surface area contributed by atoms with Gasteiger partial charge in [0.15, 0.2) is 17.9 Å². The number of amides is 6. The number of primary amides is 1. The van der Waals surface area contributed by atoms with Gasteiger partial charge in [0.05, 0.1) is 41.0 Å². The number of nitro groups is 2. The Balaban J connectivity index is 2.14. The summed E-state index contributed by atoms with van der Waals surface area (Å²) >= 11 is 0. The van der Waals surface area contributed by atoms with E-state index < -0.39 is 147 Å². The number of phenolic OH excluding ortho intramolecular Hbond substituents is 1. The molecule has 6 atom stereocenters. The third-order valence-corrected chi connectivity index (χ3v) is 9.46. The number of amidine groups is 1. The number of phenols is 1. The van der Waals surface area contributed by atoms with E-state index in [0.717, 1.165) is 6.07 Å². The highest BCUT2D eigenvalue weighted by molar-refractivity contribution is 6.02. The number of hydrogen-bond acceptors (Lipinski definition) is 19. The summed E-state index contributed by atoms with van der Waals surface area (Å²) in [4.78, 5) is 131. The van der Waals surface area contributed by atoms with E-state index in [0.29, 0.717) is 17.0 Å². The van der Waals surface area contributed by atoms with Crippen LogP contribution in [0.4, 0.5) is 17.1 Å². The smallest absolute Gasteiger partial charge is 0.338 e. The molecule has 24 N–H and O–H groups in total. The number of benzene rings is 3. The second-order valence-corrected chi connectivity index (χ2v) is 14.8. The molecule has 0 fully saturated rings. The number of aromatic hydroxyl groups is 1. The second-order valence-electron chi connectivity index (χ2n) is 14.8. The van der Waals surface area contributed by atoms with Crippen LogP contribution in [0, 0.1) is 20.2 Å². The monoisotopic (exact) mass is 1040 g/mol. The number of carbonyl (C=O) groups is 7. The molecule has 396 valence electrons. The van der Waals surface area contributed by atoms with Gasteiger partial charge >= 0.3 is 5.97 Å². The van der Waals surface area contributed by atoms with Crippen molar-refractivity contribution in [2.75, 3.05) is 18.6 Å². The zero-order valence-electron chi connectivity index (χ0n) is 38.6. The minimum absolute atomic E-state index is 0.0769. The summed E-state index contributed by atoms with van der Waals surface area (Å²) in [5.74, 6) is -13.4. The van der Waals surface area contributed by atoms with E-state index >= 15 is 0 Å². The number of carboxylic acids is 1. The van der Waals surface area contributed by atoms with Gasteiger partial charge in [-0.15, -0.1) is 0 Å². The van der Waals surface area contributed by atoms with Gasteiger partial charge < -0.3 is 97.4 Å². The predicted molar refractivity (Wildman–Crippen MR) is 257 cm³/mol. The van der Waals surface area contributed by atoms with Crippen molar-refractivity contribution in [1.29, 1.82) is 0 Å². The number of aliphatic hydroxyl groups excluding tert-OH is 1. The van der Waals surface area contributed by atoms with Gasteiger partial charge in [-0.1, -0.05) is 30.3 Å². The first-order valence-corrected chi connectivity index (χ1v) is 20.5. The van der Waals surface area contributed by atoms with Gasteiger partial charge in [0, 0.05) is 18.2 Å². The number of anilines is 1. The predicted octanol–water partition coefficient (Wildman–Crippen LogP) is -6.41. The fourth-order valence-electron chi connectivity index (χ4n) is 6.31. The number of aliphatic hydroxyl groups is 1. The maximum absolute atomic E-state index is 14.6. The van der Waals surface area contributed by atoms with Crippen LogP contribution in [0.1, 0.15) is 34.5 Å². The molecule has 0 heterocycles. The van der Waals surface area contributed by atoms with Gasteiger partial charge in [-0.2, -0.15) is 0 Å². The lowest BCUT2D eigenvalue weighted by Gasteiger charge is -2.33. The van der Waals surface area contributed by atoms with Crippen molar-refractivity contribution >= 4 is 82.2 Å². The largest absolute Gasteiger partial charge is 0.508 e. The highest BCUT2D eigenvalue weighted by atomic mass is 16.6. The summed E-state index contributed by atoms with van der Waals surface area (Å²) in [6.45, 7) is -1.03. The summed E-state index contributed by atoms with van der Waals surface area (Å²) in [6.07, 6.45) is -8.44. The van der Waals surface area contributed by atoms with E-state index in [-0.39, 0.29) is 22.7 Å². The Morgan fingerprint density at radius 3 is 1.62 bits per heavy atom. The van der Waals surface area contributed by atoms with E-state index in [2.05, 4.69) is 30.6 Å². The number of nitro benzene ring substituents is 2. The van der Waals surface area contributed by atoms with Crippen LogP contribution in [-0.4, -0.2) is 135 Å². The molecule has 0 aliphatic rings. The maximum atomic E-state index is 14.6. The minimum Gasteiger partial charge on any atom is -0.508 e. The van der Waals surface area contributed by atoms with Crippen molar-refractivity contribution in [1.82, 2.24) is 26.6 Å². The number of nitrogens with one attached hydrogen (secondary N) is 5. The molecule has 0 spiro atoms. The Morgan fingerprint density at radius 1 is 0.676 bits per heavy atom. The van der Waals surface area contributed by atoms with Crippen LogP contribution >= 0.6 is 0 Å². The lowest BCUT2D eigenvalue weighted by Crippen LogP contribution is -2.58. The first-order valence-electron chi connectivity index (χ1n) is 20.5. The maximum Gasteiger partial charge on any atom is 0.338 e. The van der Waals surface area contributed by atoms with Crippen molar-refractivity contribution in [3.8, 4) is 11.5 Å². The first-order chi connectivity index (χ1) is 34.7. The average Bonchev–Trinajstić information content (AvgIpc) is 3.31. The summed E-state index contributed by atoms with van der Waals surface area (Å²) in [6, 6.07) is 7.11. The lowest BCUT2D eigenvalue weighted by molar-refractivity contribution is -0.393. The molecule has 0 saturated carbocycles. The molecule has 3 rings (SSSR count). The van der Waals surface area contributed by atoms with Gasteiger partial charge in [-0.25, -0.2) is 24.8 Å². The highest BCUT2D eigenvalue weighted by Crippen LogP contribution is 2.39. The Bertz CT molecular complexity index is 2740. The van der Waals surface area contributed by atoms with Crippen LogP contribution < -0.4 is 82.1 Å². The number of non-ortho nitro benzene ring substituents is 1. The van der Waals surface area contributed by atoms with E-state index in [1.54, 1.807) is 0 Å². The molecule has 0 aliphatic heterocycles. The number of carboxylic acid groups (broad SMARTS) is 1. The molecule has 6 amide bonds. The molecule has 0 bridgehead atoms. The molecular formula is C39H50N20O15. The van der Waals surface area contributed by atoms with Gasteiger partial charge in [0.2, 0.25) is 36.5 Å². The lowest BCUT2D eigenvalue weighted by atomic mass is 10.0. The SMILES string of the molecule is COc1ccc(O)c(CN(c2c(C(=O)O)cc([N+](=O)[O-])cc2[N+](=O)[O-])C(CO)C(=O)NC(C(=O)NC(N=C(N)N)C(=O)NC(N=C(N)N)C(=O)NC(N=C(C)N)C(=O)NC(N=C(N)N)C(N)=O)c2ccccc2)c1. The number of ether oxygens (including phenoxy) is 1. The minimum atomic E-state index is -2.28. The third kappa shape index (κ3) is 16.0. The Hall–Kier alpha value is -10.6. The molecule has 3 aromatic rings. The fourth-order valence-corrected chi connectivity index (χ4v) is 6.31. The summed E-state index contributed by atoms with van der Waals surface area (Å²) < 4.78 is 5.19. The van der Waals surface area contributed by atoms with E-state index in [1.807, 2.05) is 16.0 Å². The standard InChI is InChI=1S/C39H50N20O15/c1-15(40)48-28(33(65)50-27(26(41)62)54-37(42)43)52-35(67)30(56-39(46)47)53-34(66)29(55-38(44)45)51-32(64)24(16-6-4-3-5-7-16)49-31(63)22(14-60)57(13-17-10-19(74-2)8-9-23(17)61)25-20(36(68)69)11-18(58(70)71)12-21(25)59(72)73/h3-12,22,24,27-30,60-61H,13-14H2,1-2H3,(H2,40,48)(H2,41,62)(H,49,63)(H,50,65)(H,51,64)(H,52,67)(H,53,66)(H,68,69)(H4,42,43,54)(H4,44,45,55)(H4,46,47,56). The van der Waals surface area contributed by atoms with Crippen LogP contribution in [0.2, 0.25) is 0 Å². The Morgan fingerprint density at radius 2 is 1.18 bits per heavy atom. The van der Waals surface area contributed by atoms with Gasteiger partial charge in [-0.3, -0.25) is 49.0 Å². The molecule has 0 aromatic heterocycles. The van der Waals surface area contributed by atoms with E-state index in [1.165, 1.54) is 56.5 Å². The zero-order chi connectivity index (χ0) is 55.7. The van der Waals surface area contributed by atoms with Crippen LogP contribution in [0.3, 0.4) is 0 Å². The van der Waals surface area contributed by atoms with Crippen molar-refractivity contribution < 1.29 is 63.5 Å². The first kappa shape index (κ1) is 57.7.